The van der Waals surface area contributed by atoms with Crippen molar-refractivity contribution in [2.45, 2.75) is 146 Å². The minimum atomic E-state index is -3.99. The number of aromatic nitrogens is 2. The minimum Gasteiger partial charge on any atom is -0.496 e. The third-order valence-electron chi connectivity index (χ3n) is 13.5. The quantitative estimate of drug-likeness (QED) is 0.132. The molecule has 2 aromatic heterocycles. The number of fused-ring (bicyclic) bond motifs is 3. The van der Waals surface area contributed by atoms with Crippen molar-refractivity contribution in [2.24, 2.45) is 5.92 Å². The van der Waals surface area contributed by atoms with Gasteiger partial charge in [-0.05, 0) is 93.5 Å². The second-order valence-electron chi connectivity index (χ2n) is 19.8. The lowest BCUT2D eigenvalue weighted by Crippen LogP contribution is -2.58. The fraction of sp³-hybridized carbons (Fsp3) is 0.531. The third kappa shape index (κ3) is 9.11. The highest BCUT2D eigenvalue weighted by Crippen LogP contribution is 2.48. The van der Waals surface area contributed by atoms with Crippen LogP contribution in [-0.2, 0) is 29.8 Å². The lowest BCUT2D eigenvalue weighted by Gasteiger charge is -2.30. The summed E-state index contributed by atoms with van der Waals surface area (Å²) >= 11 is 1.51. The summed E-state index contributed by atoms with van der Waals surface area (Å²) in [5.74, 6) is -0.503. The number of benzene rings is 2. The molecule has 3 N–H and O–H groups in total. The zero-order chi connectivity index (χ0) is 45.8. The highest BCUT2D eigenvalue weighted by molar-refractivity contribution is 7.91. The molecule has 1 saturated heterocycles. The molecule has 4 aromatic rings. The van der Waals surface area contributed by atoms with Crippen LogP contribution in [0, 0.1) is 12.8 Å². The van der Waals surface area contributed by atoms with Gasteiger partial charge in [-0.25, -0.2) is 18.4 Å². The van der Waals surface area contributed by atoms with Crippen molar-refractivity contribution in [1.29, 1.82) is 0 Å². The normalized spacial score (nSPS) is 25.4. The number of carbonyl (C=O) groups excluding carboxylic acids is 3. The maximum Gasteiger partial charge on any atom is 0.259 e. The van der Waals surface area contributed by atoms with Crippen molar-refractivity contribution in [1.82, 2.24) is 24.9 Å². The Morgan fingerprint density at radius 3 is 2.53 bits per heavy atom. The van der Waals surface area contributed by atoms with Gasteiger partial charge in [-0.1, -0.05) is 71.7 Å². The summed E-state index contributed by atoms with van der Waals surface area (Å²) in [5, 5.41) is 10.1. The maximum atomic E-state index is 15.2. The van der Waals surface area contributed by atoms with Gasteiger partial charge in [-0.3, -0.25) is 19.1 Å². The van der Waals surface area contributed by atoms with E-state index in [9.17, 15) is 18.0 Å². The van der Waals surface area contributed by atoms with Crippen LogP contribution in [0.2, 0.25) is 0 Å². The molecule has 2 aliphatic heterocycles. The monoisotopic (exact) mass is 910 g/mol. The van der Waals surface area contributed by atoms with Gasteiger partial charge < -0.3 is 25.0 Å². The Morgan fingerprint density at radius 2 is 1.83 bits per heavy atom. The number of allylic oxidation sites excluding steroid dienone is 1. The van der Waals surface area contributed by atoms with Crippen molar-refractivity contribution in [3.05, 3.63) is 76.8 Å². The van der Waals surface area contributed by atoms with Crippen LogP contribution in [0.5, 0.6) is 11.5 Å². The average Bonchev–Trinajstić information content (AvgIpc) is 4.02. The second kappa shape index (κ2) is 17.4. The first-order valence-electron chi connectivity index (χ1n) is 22.7. The van der Waals surface area contributed by atoms with E-state index in [1.807, 2.05) is 54.8 Å². The van der Waals surface area contributed by atoms with Crippen molar-refractivity contribution in [3.8, 4) is 22.2 Å². The van der Waals surface area contributed by atoms with Gasteiger partial charge in [0.2, 0.25) is 21.8 Å². The van der Waals surface area contributed by atoms with Crippen LogP contribution in [0.1, 0.15) is 122 Å². The number of nitrogens with one attached hydrogen (secondary N) is 3. The molecule has 3 fully saturated rings. The van der Waals surface area contributed by atoms with Crippen LogP contribution in [0.3, 0.4) is 0 Å². The summed E-state index contributed by atoms with van der Waals surface area (Å²) in [4.78, 5) is 55.7. The van der Waals surface area contributed by atoms with Crippen LogP contribution in [0.4, 0.5) is 5.69 Å². The van der Waals surface area contributed by atoms with Gasteiger partial charge >= 0.3 is 0 Å². The number of hydrogen-bond acceptors (Lipinski definition) is 11. The molecule has 0 spiro atoms. The predicted octanol–water partition coefficient (Wildman–Crippen LogP) is 8.32. The lowest BCUT2D eigenvalue weighted by atomic mass is 9.87. The summed E-state index contributed by atoms with van der Waals surface area (Å²) in [5.41, 5.74) is 3.45. The van der Waals surface area contributed by atoms with Gasteiger partial charge in [-0.2, -0.15) is 0 Å². The van der Waals surface area contributed by atoms with Crippen LogP contribution in [-0.4, -0.2) is 83.1 Å². The SMILES string of the molecule is COc1ccc2c(O[C@@H]3C[C@H]4C(=O)N[C@]5(C(=O)NS(=O)(=O)C6(C)CC6)C[C@@H]5/C=C\CCCCC[C@H](Nc5cccc(C(C)(C)C)c5)C(=O)N4C3)cc(-c3nc(C(C)C)cs3)nc2c1C. The molecule has 13 nitrogen and oxygen atoms in total. The summed E-state index contributed by atoms with van der Waals surface area (Å²) in [6.45, 7) is 14.3. The first-order chi connectivity index (χ1) is 30.3. The van der Waals surface area contributed by atoms with E-state index in [1.165, 1.54) is 11.3 Å². The van der Waals surface area contributed by atoms with Gasteiger partial charge in [0.1, 0.15) is 45.9 Å². The fourth-order valence-corrected chi connectivity index (χ4v) is 11.1. The first kappa shape index (κ1) is 45.5. The lowest BCUT2D eigenvalue weighted by molar-refractivity contribution is -0.140. The molecule has 2 aliphatic carbocycles. The van der Waals surface area contributed by atoms with Crippen molar-refractivity contribution >= 4 is 55.7 Å². The van der Waals surface area contributed by atoms with E-state index in [2.05, 4.69) is 62.1 Å². The molecule has 342 valence electrons. The Balaban J connectivity index is 1.16. The predicted molar refractivity (Wildman–Crippen MR) is 251 cm³/mol. The number of pyridine rings is 1. The number of nitrogens with zero attached hydrogens (tertiary/aromatic N) is 3. The number of amides is 3. The number of sulfonamides is 1. The van der Waals surface area contributed by atoms with Gasteiger partial charge in [0, 0.05) is 40.4 Å². The molecule has 0 bridgehead atoms. The topological polar surface area (TPSA) is 169 Å². The van der Waals surface area contributed by atoms with E-state index in [-0.39, 0.29) is 36.6 Å². The van der Waals surface area contributed by atoms with Crippen molar-refractivity contribution in [2.75, 3.05) is 19.0 Å². The zero-order valence-corrected chi connectivity index (χ0v) is 39.9. The molecule has 0 radical (unpaired) electrons. The average molecular weight is 911 g/mol. The molecular weight excluding hydrogens is 849 g/mol. The maximum absolute atomic E-state index is 15.2. The van der Waals surface area contributed by atoms with Crippen LogP contribution in [0.15, 0.2) is 60.0 Å². The fourth-order valence-electron chi connectivity index (χ4n) is 8.88. The van der Waals surface area contributed by atoms with Gasteiger partial charge in [0.25, 0.3) is 5.91 Å². The largest absolute Gasteiger partial charge is 0.496 e. The smallest absolute Gasteiger partial charge is 0.259 e. The highest BCUT2D eigenvalue weighted by atomic mass is 32.2. The number of aryl methyl sites for hydroxylation is 1. The van der Waals surface area contributed by atoms with Gasteiger partial charge in [0.05, 0.1) is 29.6 Å². The summed E-state index contributed by atoms with van der Waals surface area (Å²) in [6.07, 6.45) is 8.40. The molecular formula is C49H62N6O7S2. The van der Waals surface area contributed by atoms with E-state index in [1.54, 1.807) is 18.9 Å². The Hall–Kier alpha value is -5.02. The molecule has 4 heterocycles. The number of ether oxygens (including phenoxy) is 2. The first-order valence-corrected chi connectivity index (χ1v) is 25.0. The third-order valence-corrected chi connectivity index (χ3v) is 16.6. The molecule has 2 aromatic carbocycles. The van der Waals surface area contributed by atoms with Crippen LogP contribution in [0.25, 0.3) is 21.6 Å². The zero-order valence-electron chi connectivity index (χ0n) is 38.2. The summed E-state index contributed by atoms with van der Waals surface area (Å²) < 4.78 is 40.6. The van der Waals surface area contributed by atoms with Crippen LogP contribution >= 0.6 is 11.3 Å². The molecule has 0 unspecified atom stereocenters. The van der Waals surface area contributed by atoms with Crippen LogP contribution < -0.4 is 24.8 Å². The molecule has 15 heteroatoms. The van der Waals surface area contributed by atoms with E-state index in [4.69, 9.17) is 19.4 Å². The van der Waals surface area contributed by atoms with Gasteiger partial charge in [0.15, 0.2) is 0 Å². The molecule has 3 amide bonds. The Morgan fingerprint density at radius 1 is 1.05 bits per heavy atom. The number of methoxy groups -OCH3 is 1. The summed E-state index contributed by atoms with van der Waals surface area (Å²) in [6, 6.07) is 12.1. The van der Waals surface area contributed by atoms with Gasteiger partial charge in [-0.15, -0.1) is 11.3 Å². The number of hydrogen-bond donors (Lipinski definition) is 3. The molecule has 2 saturated carbocycles. The molecule has 64 heavy (non-hydrogen) atoms. The molecule has 5 atom stereocenters. The molecule has 8 rings (SSSR count). The van der Waals surface area contributed by atoms with E-state index < -0.39 is 56.2 Å². The summed E-state index contributed by atoms with van der Waals surface area (Å²) in [7, 11) is -2.36. The van der Waals surface area contributed by atoms with E-state index in [0.717, 1.165) is 58.6 Å². The Bertz CT molecular complexity index is 2600. The van der Waals surface area contributed by atoms with E-state index >= 15 is 4.79 Å². The Kier molecular flexibility index (Phi) is 12.4. The second-order valence-corrected chi connectivity index (χ2v) is 22.8. The van der Waals surface area contributed by atoms with Crippen molar-refractivity contribution < 1.29 is 32.3 Å². The number of carbonyl (C=O) groups is 3. The number of anilines is 1. The number of thiazole rings is 1. The Labute approximate surface area is 381 Å². The minimum absolute atomic E-state index is 0.0927. The standard InChI is InChI=1S/C49H62N6O7S2/c1-29(2)38-28-63-44(52-38)37-25-41(35-19-20-40(61-8)30(3)42(35)51-37)62-34-24-39-43(56)53-49(46(58)54-64(59,60)48(7)21-22-48)26-32(49)15-12-10-9-11-13-18-36(45(57)55(39)27-34)50-33-17-14-16-31(23-33)47(4,5)6/h12,14-17,19-20,23,25,28-29,32,34,36,39,50H,9-11,13,18,21-22,24,26-27H2,1-8H3,(H,53,56)(H,54,58)/b15-12-/t32-,34+,36-,39-,49+/m0/s1. The molecule has 4 aliphatic rings. The van der Waals surface area contributed by atoms with Crippen molar-refractivity contribution in [3.63, 3.8) is 0 Å². The van der Waals surface area contributed by atoms with E-state index in [0.29, 0.717) is 42.0 Å². The number of rotatable bonds is 10. The highest BCUT2D eigenvalue weighted by Gasteiger charge is 2.63.